The Balaban J connectivity index is 1.86. The van der Waals surface area contributed by atoms with E-state index < -0.39 is 6.09 Å². The van der Waals surface area contributed by atoms with E-state index in [4.69, 9.17) is 23.2 Å². The van der Waals surface area contributed by atoms with E-state index in [0.29, 0.717) is 15.6 Å². The van der Waals surface area contributed by atoms with E-state index in [2.05, 4.69) is 37.9 Å². The molecule has 0 fully saturated rings. The van der Waals surface area contributed by atoms with Crippen molar-refractivity contribution in [1.82, 2.24) is 14.5 Å². The van der Waals surface area contributed by atoms with E-state index in [1.54, 1.807) is 30.6 Å². The fourth-order valence-corrected chi connectivity index (χ4v) is 3.89. The molecule has 0 saturated carbocycles. The highest BCUT2D eigenvalue weighted by molar-refractivity contribution is 6.35. The van der Waals surface area contributed by atoms with Gasteiger partial charge in [-0.25, -0.2) is 9.78 Å². The Labute approximate surface area is 180 Å². The van der Waals surface area contributed by atoms with Crippen molar-refractivity contribution in [2.45, 2.75) is 39.9 Å². The second-order valence-electron chi connectivity index (χ2n) is 7.12. The third-order valence-electron chi connectivity index (χ3n) is 5.22. The summed E-state index contributed by atoms with van der Waals surface area (Å²) in [7, 11) is 0. The van der Waals surface area contributed by atoms with E-state index in [1.807, 2.05) is 10.6 Å². The Morgan fingerprint density at radius 1 is 1.24 bits per heavy atom. The van der Waals surface area contributed by atoms with Gasteiger partial charge in [-0.2, -0.15) is 0 Å². The van der Waals surface area contributed by atoms with Crippen LogP contribution < -0.4 is 0 Å². The van der Waals surface area contributed by atoms with Gasteiger partial charge in [0.05, 0.1) is 6.54 Å². The first-order chi connectivity index (χ1) is 13.8. The normalized spacial score (nSPS) is 12.0. The van der Waals surface area contributed by atoms with Crippen LogP contribution in [0.2, 0.25) is 10.0 Å². The number of hydrogen-bond donors (Lipinski definition) is 1. The van der Waals surface area contributed by atoms with Gasteiger partial charge >= 0.3 is 6.09 Å². The molecule has 0 radical (unpaired) electrons. The molecule has 152 valence electrons. The van der Waals surface area contributed by atoms with E-state index in [-0.39, 0.29) is 19.1 Å². The molecule has 0 aliphatic heterocycles. The predicted molar refractivity (Wildman–Crippen MR) is 116 cm³/mol. The Morgan fingerprint density at radius 3 is 2.69 bits per heavy atom. The molecule has 7 heteroatoms. The molecular formula is C22H23Cl2N3O2. The van der Waals surface area contributed by atoms with Crippen LogP contribution in [0.5, 0.6) is 0 Å². The second kappa shape index (κ2) is 8.89. The van der Waals surface area contributed by atoms with Crippen LogP contribution in [-0.2, 0) is 13.2 Å². The average molecular weight is 432 g/mol. The van der Waals surface area contributed by atoms with Gasteiger partial charge in [0, 0.05) is 28.4 Å². The number of carbonyl (C=O) groups is 1. The number of aromatic nitrogens is 2. The molecule has 0 aliphatic rings. The summed E-state index contributed by atoms with van der Waals surface area (Å²) in [6.45, 7) is 6.57. The van der Waals surface area contributed by atoms with E-state index >= 15 is 0 Å². The monoisotopic (exact) mass is 431 g/mol. The number of aryl methyl sites for hydroxylation is 1. The summed E-state index contributed by atoms with van der Waals surface area (Å²) in [5.74, 6) is 0.840. The number of rotatable bonds is 6. The molecule has 29 heavy (non-hydrogen) atoms. The summed E-state index contributed by atoms with van der Waals surface area (Å²) in [5, 5.41) is 10.7. The van der Waals surface area contributed by atoms with Crippen LogP contribution in [0.15, 0.2) is 48.8 Å². The van der Waals surface area contributed by atoms with Crippen molar-refractivity contribution in [3.63, 3.8) is 0 Å². The highest BCUT2D eigenvalue weighted by atomic mass is 35.5. The first kappa shape index (κ1) is 21.2. The number of halogens is 2. The van der Waals surface area contributed by atoms with Gasteiger partial charge in [0.1, 0.15) is 12.5 Å². The Bertz CT molecular complexity index is 1030. The topological polar surface area (TPSA) is 58.4 Å². The number of amides is 1. The minimum atomic E-state index is -1.03. The van der Waals surface area contributed by atoms with Crippen LogP contribution in [0.3, 0.4) is 0 Å². The van der Waals surface area contributed by atoms with Crippen molar-refractivity contribution < 1.29 is 9.90 Å². The number of imidazole rings is 1. The minimum Gasteiger partial charge on any atom is -0.465 e. The van der Waals surface area contributed by atoms with E-state index in [0.717, 1.165) is 5.82 Å². The third kappa shape index (κ3) is 4.74. The number of carboxylic acid groups (broad SMARTS) is 1. The summed E-state index contributed by atoms with van der Waals surface area (Å²) in [6.07, 6.45) is 2.47. The summed E-state index contributed by atoms with van der Waals surface area (Å²) >= 11 is 12.2. The first-order valence-corrected chi connectivity index (χ1v) is 10.0. The SMILES string of the molecule is Cc1cccc(C(C)c2nccn2CN(Cc2ccc(Cl)cc2Cl)C(=O)O)c1C. The van der Waals surface area contributed by atoms with E-state index in [1.165, 1.54) is 21.6 Å². The lowest BCUT2D eigenvalue weighted by atomic mass is 9.93. The quantitative estimate of drug-likeness (QED) is 0.512. The fourth-order valence-electron chi connectivity index (χ4n) is 3.42. The molecule has 1 N–H and O–H groups in total. The molecule has 5 nitrogen and oxygen atoms in total. The third-order valence-corrected chi connectivity index (χ3v) is 5.80. The van der Waals surface area contributed by atoms with Crippen LogP contribution in [0, 0.1) is 13.8 Å². The van der Waals surface area contributed by atoms with E-state index in [9.17, 15) is 9.90 Å². The van der Waals surface area contributed by atoms with Crippen molar-refractivity contribution >= 4 is 29.3 Å². The minimum absolute atomic E-state index is 0.0275. The van der Waals surface area contributed by atoms with Crippen molar-refractivity contribution in [1.29, 1.82) is 0 Å². The molecule has 1 heterocycles. The molecule has 0 saturated heterocycles. The molecule has 1 unspecified atom stereocenters. The second-order valence-corrected chi connectivity index (χ2v) is 7.97. The molecule has 3 aromatic rings. The molecule has 1 atom stereocenters. The molecule has 0 spiro atoms. The summed E-state index contributed by atoms with van der Waals surface area (Å²) in [6, 6.07) is 11.3. The molecule has 0 aliphatic carbocycles. The lowest BCUT2D eigenvalue weighted by Crippen LogP contribution is -2.32. The Kier molecular flexibility index (Phi) is 6.50. The number of hydrogen-bond acceptors (Lipinski definition) is 2. The smallest absolute Gasteiger partial charge is 0.409 e. The number of nitrogens with zero attached hydrogens (tertiary/aromatic N) is 3. The fraction of sp³-hybridized carbons (Fsp3) is 0.273. The van der Waals surface area contributed by atoms with Crippen LogP contribution in [0.1, 0.15) is 40.9 Å². The maximum Gasteiger partial charge on any atom is 0.409 e. The standard InChI is InChI=1S/C22H23Cl2N3O2/c1-14-5-4-6-19(15(14)2)16(3)21-25-9-10-26(21)13-27(22(28)29)12-17-7-8-18(23)11-20(17)24/h4-11,16H,12-13H2,1-3H3,(H,28,29). The lowest BCUT2D eigenvalue weighted by molar-refractivity contribution is 0.126. The van der Waals surface area contributed by atoms with Crippen molar-refractivity contribution in [2.75, 3.05) is 0 Å². The lowest BCUT2D eigenvalue weighted by Gasteiger charge is -2.23. The first-order valence-electron chi connectivity index (χ1n) is 9.27. The molecular weight excluding hydrogens is 409 g/mol. The molecule has 3 rings (SSSR count). The zero-order chi connectivity index (χ0) is 21.1. The predicted octanol–water partition coefficient (Wildman–Crippen LogP) is 6.10. The molecule has 0 bridgehead atoms. The highest BCUT2D eigenvalue weighted by Gasteiger charge is 2.20. The summed E-state index contributed by atoms with van der Waals surface area (Å²) < 4.78 is 1.87. The van der Waals surface area contributed by atoms with Crippen molar-refractivity contribution in [3.05, 3.63) is 86.9 Å². The Morgan fingerprint density at radius 2 is 2.00 bits per heavy atom. The highest BCUT2D eigenvalue weighted by Crippen LogP contribution is 2.28. The summed E-state index contributed by atoms with van der Waals surface area (Å²) in [5.41, 5.74) is 4.32. The molecule has 1 amide bonds. The van der Waals surface area contributed by atoms with Crippen LogP contribution in [0.25, 0.3) is 0 Å². The molecule has 2 aromatic carbocycles. The molecule has 1 aromatic heterocycles. The van der Waals surface area contributed by atoms with Gasteiger partial charge in [-0.15, -0.1) is 0 Å². The van der Waals surface area contributed by atoms with Crippen molar-refractivity contribution in [2.24, 2.45) is 0 Å². The van der Waals surface area contributed by atoms with Gasteiger partial charge in [0.15, 0.2) is 0 Å². The van der Waals surface area contributed by atoms with Gasteiger partial charge in [-0.3, -0.25) is 4.90 Å². The van der Waals surface area contributed by atoms with Crippen molar-refractivity contribution in [3.8, 4) is 0 Å². The van der Waals surface area contributed by atoms with Crippen LogP contribution >= 0.6 is 23.2 Å². The van der Waals surface area contributed by atoms with Gasteiger partial charge in [-0.05, 0) is 48.2 Å². The zero-order valence-electron chi connectivity index (χ0n) is 16.6. The van der Waals surface area contributed by atoms with Gasteiger partial charge in [-0.1, -0.05) is 54.4 Å². The zero-order valence-corrected chi connectivity index (χ0v) is 18.1. The van der Waals surface area contributed by atoms with Crippen LogP contribution in [-0.4, -0.2) is 25.7 Å². The number of benzene rings is 2. The van der Waals surface area contributed by atoms with Gasteiger partial charge < -0.3 is 9.67 Å². The maximum atomic E-state index is 11.9. The van der Waals surface area contributed by atoms with Crippen LogP contribution in [0.4, 0.5) is 4.79 Å². The summed E-state index contributed by atoms with van der Waals surface area (Å²) in [4.78, 5) is 17.7. The Hall–Kier alpha value is -2.50. The maximum absolute atomic E-state index is 11.9. The van der Waals surface area contributed by atoms with Gasteiger partial charge in [0.25, 0.3) is 0 Å². The van der Waals surface area contributed by atoms with Gasteiger partial charge in [0.2, 0.25) is 0 Å². The largest absolute Gasteiger partial charge is 0.465 e. The average Bonchev–Trinajstić information content (AvgIpc) is 3.13.